The van der Waals surface area contributed by atoms with E-state index in [-0.39, 0.29) is 49.5 Å². The number of halogens is 4. The highest BCUT2D eigenvalue weighted by atomic mass is 36.0. The van der Waals surface area contributed by atoms with Crippen LogP contribution in [0.3, 0.4) is 0 Å². The molecule has 12 N–H and O–H groups in total. The maximum Gasteiger partial charge on any atom is 0.295 e. The topological polar surface area (TPSA) is 468 Å². The molecule has 0 aromatic heterocycles. The summed E-state index contributed by atoms with van der Waals surface area (Å²) in [5.41, 5.74) is 17.4. The van der Waals surface area contributed by atoms with Gasteiger partial charge in [0.15, 0.2) is 0 Å². The lowest BCUT2D eigenvalue weighted by Gasteiger charge is -2.13. The molecule has 0 bridgehead atoms. The van der Waals surface area contributed by atoms with Gasteiger partial charge in [-0.05, 0) is 189 Å². The minimum Gasteiger partial charge on any atom is -1.00 e. The van der Waals surface area contributed by atoms with Gasteiger partial charge in [-0.25, -0.2) is 21.0 Å². The van der Waals surface area contributed by atoms with Crippen LogP contribution in [0.1, 0.15) is 74.0 Å². The highest BCUT2D eigenvalue weighted by molar-refractivity contribution is 8.26. The van der Waals surface area contributed by atoms with Crippen molar-refractivity contribution in [1.29, 1.82) is 0 Å². The zero-order valence-electron chi connectivity index (χ0n) is 78.2. The van der Waals surface area contributed by atoms with Crippen LogP contribution in [0, 0.1) is 0 Å². The lowest BCUT2D eigenvalue weighted by molar-refractivity contribution is 0.101. The Bertz CT molecular complexity index is 7590. The van der Waals surface area contributed by atoms with E-state index in [9.17, 15) is 75.2 Å². The van der Waals surface area contributed by atoms with Crippen molar-refractivity contribution in [3.05, 3.63) is 410 Å². The van der Waals surface area contributed by atoms with E-state index >= 15 is 0 Å². The summed E-state index contributed by atoms with van der Waals surface area (Å²) in [5.74, 6) is 0.344. The number of carbonyl (C=O) groups excluding carboxylic acids is 5. The van der Waals surface area contributed by atoms with Crippen molar-refractivity contribution >= 4 is 225 Å². The first-order chi connectivity index (χ1) is 68.6. The minimum absolute atomic E-state index is 0. The fraction of sp³-hybridized carbons (Fsp3) is 0.0762. The first kappa shape index (κ1) is 113. The molecule has 29 nitrogen and oxygen atoms in total. The average molecular weight is 2140 g/mol. The standard InChI is InChI=1S/C24H20N2O4S.C17H12ClNO3S.2C17H13NO4S.C10H9NO3S.C7H5ClO.C7H9NO.C6H15N.Cl2OS.H/c1-30-19-15-13-18(14-16-19)26-31(28,29)23-12-6-9-20-21(23)10-5-11-22(20)25-24(27)17-7-3-2-4-8-17;18-23(21,22)16-11-5-8-13-14(16)9-4-10-15(13)19-17(20)12-6-2-1-3-7-12;2*19-17(12-6-2-1-3-7-12)18-15-10-4-9-14-13(15)8-5-11-16(14)23(20,21)22;11-9-5-1-4-8-7(9)3-2-6-10(8)15(12,13)14;8-7(9)6-4-2-1-3-5-6;1-9-7-4-2-6(8)3-5-7;1-4-7(5-2)6-3;1-4(2)3;/h2-16,26H,1H3,(H,25,27);1-11H,(H,19,20);2*1-11H,(H,18,19)(H,20,21,22);1-6H,11H2,(H,12,13,14);1-5H;2-5H,8H2,1H3;4-6H2,1-3H3;;/q;;;;;;;;;-1. The Morgan fingerprint density at radius 1 is 0.319 bits per heavy atom. The van der Waals surface area contributed by atoms with Gasteiger partial charge < -0.3 is 48.5 Å². The van der Waals surface area contributed by atoms with Gasteiger partial charge >= 0.3 is 0 Å². The second-order valence-corrected chi connectivity index (χ2v) is 41.2. The number of nitrogens with zero attached hydrogens (tertiary/aromatic N) is 1. The molecule has 0 saturated carbocycles. The van der Waals surface area contributed by atoms with Crippen molar-refractivity contribution in [2.75, 3.05) is 71.3 Å². The molecule has 748 valence electrons. The number of ether oxygens (including phenoxy) is 2. The Morgan fingerprint density at radius 3 is 0.819 bits per heavy atom. The zero-order chi connectivity index (χ0) is 105. The Labute approximate surface area is 855 Å². The maximum absolute atomic E-state index is 13.1. The number of sulfonamides is 1. The van der Waals surface area contributed by atoms with Gasteiger partial charge in [-0.3, -0.25) is 42.4 Å². The highest BCUT2D eigenvalue weighted by Gasteiger charge is 2.24. The van der Waals surface area contributed by atoms with Crippen LogP contribution in [0.25, 0.3) is 53.9 Å². The Kier molecular flexibility index (Phi) is 42.5. The van der Waals surface area contributed by atoms with Crippen molar-refractivity contribution in [3.8, 4) is 11.5 Å². The van der Waals surface area contributed by atoms with E-state index in [1.54, 1.807) is 311 Å². The number of methoxy groups -OCH3 is 2. The highest BCUT2D eigenvalue weighted by Crippen LogP contribution is 2.36. The maximum atomic E-state index is 13.1. The van der Waals surface area contributed by atoms with Crippen LogP contribution < -0.4 is 46.9 Å². The van der Waals surface area contributed by atoms with Crippen LogP contribution in [0.15, 0.2) is 407 Å². The molecule has 39 heteroatoms. The minimum atomic E-state index is -4.34. The zero-order valence-corrected chi connectivity index (χ0v) is 85.2. The van der Waals surface area contributed by atoms with E-state index < -0.39 is 63.9 Å². The van der Waals surface area contributed by atoms with Crippen molar-refractivity contribution in [3.63, 3.8) is 0 Å². The molecule has 0 spiro atoms. The van der Waals surface area contributed by atoms with Gasteiger partial charge in [0.05, 0.1) is 24.0 Å². The SMILES string of the molecule is CCN(CC)CC.COc1ccc(N)cc1.COc1ccc(NS(=O)(=O)c2cccc3c(NC(=O)c4ccccc4)cccc23)cc1.Nc1cccc2c(S(=O)(=O)O)cccc12.O=C(Cl)c1ccccc1.O=C(Nc1cccc2c(S(=O)(=O)Cl)cccc12)c1ccccc1.O=C(Nc1cccc2c(S(=O)(=O)O)cccc12)c1ccccc1.O=C(Nc1cccc2c(S(=O)(=O)O)cccc12)c1ccccc1.O=S(Cl)Cl.[H-]. The largest absolute Gasteiger partial charge is 1.00 e. The van der Waals surface area contributed by atoms with Crippen LogP contribution in [0.5, 0.6) is 11.5 Å². The molecule has 4 amide bonds. The summed E-state index contributed by atoms with van der Waals surface area (Å²) in [4.78, 5) is 61.8. The second kappa shape index (κ2) is 54.1. The summed E-state index contributed by atoms with van der Waals surface area (Å²) in [7, 11) is -4.60. The van der Waals surface area contributed by atoms with Crippen molar-refractivity contribution in [1.82, 2.24) is 4.90 Å². The fourth-order valence-electron chi connectivity index (χ4n) is 13.8. The first-order valence-electron chi connectivity index (χ1n) is 43.0. The summed E-state index contributed by atoms with van der Waals surface area (Å²) in [6.45, 7) is 10.1. The van der Waals surface area contributed by atoms with Gasteiger partial charge in [-0.2, -0.15) is 25.3 Å². The van der Waals surface area contributed by atoms with Gasteiger partial charge in [-0.1, -0.05) is 245 Å². The van der Waals surface area contributed by atoms with Crippen molar-refractivity contribution in [2.24, 2.45) is 0 Å². The predicted octanol–water partition coefficient (Wildman–Crippen LogP) is 23.1. The molecular formula is C105H97Cl4N8O21S6-. The monoisotopic (exact) mass is 2140 g/mol. The number of amides is 4. The van der Waals surface area contributed by atoms with E-state index in [1.807, 2.05) is 42.5 Å². The lowest BCUT2D eigenvalue weighted by atomic mass is 10.1. The smallest absolute Gasteiger partial charge is 0.295 e. The van der Waals surface area contributed by atoms with Crippen LogP contribution >= 0.6 is 43.6 Å². The molecule has 0 aliphatic carbocycles. The number of benzene rings is 17. The quantitative estimate of drug-likeness (QED) is 0.0181. The molecule has 0 fully saturated rings. The number of nitrogens with two attached hydrogens (primary N) is 2. The number of nitrogen functional groups attached to an aromatic ring is 2. The lowest BCUT2D eigenvalue weighted by Crippen LogP contribution is -2.21. The molecular weight excluding hydrogens is 2040 g/mol. The number of rotatable bonds is 21. The van der Waals surface area contributed by atoms with Crippen molar-refractivity contribution < 1.29 is 94.8 Å². The predicted molar refractivity (Wildman–Crippen MR) is 576 cm³/mol. The normalized spacial score (nSPS) is 10.9. The molecule has 0 aliphatic heterocycles. The van der Waals surface area contributed by atoms with E-state index in [2.05, 4.69) is 73.0 Å². The number of nitrogens with one attached hydrogen (secondary N) is 5. The molecule has 144 heavy (non-hydrogen) atoms. The summed E-state index contributed by atoms with van der Waals surface area (Å²) in [6, 6.07) is 106. The third kappa shape index (κ3) is 33.6. The van der Waals surface area contributed by atoms with Gasteiger partial charge in [0.2, 0.25) is 9.23 Å². The third-order valence-electron chi connectivity index (χ3n) is 20.8. The van der Waals surface area contributed by atoms with E-state index in [1.165, 1.54) is 62.1 Å². The molecule has 17 rings (SSSR count). The van der Waals surface area contributed by atoms with Crippen LogP contribution in [-0.4, -0.2) is 128 Å². The molecule has 0 radical (unpaired) electrons. The average Bonchev–Trinajstić information content (AvgIpc) is 0.720. The number of fused-ring (bicyclic) bond motifs is 5. The van der Waals surface area contributed by atoms with E-state index in [0.29, 0.717) is 122 Å². The Hall–Kier alpha value is -14.5. The van der Waals surface area contributed by atoms with Crippen molar-refractivity contribution in [2.45, 2.75) is 45.2 Å². The Morgan fingerprint density at radius 2 is 0.556 bits per heavy atom. The van der Waals surface area contributed by atoms with Crippen LogP contribution in [0.2, 0.25) is 0 Å². The Balaban J connectivity index is 0.000000208. The van der Waals surface area contributed by atoms with Gasteiger partial charge in [0, 0.05) is 154 Å². The summed E-state index contributed by atoms with van der Waals surface area (Å²) >= 11 is 5.16. The first-order valence-corrected chi connectivity index (χ1v) is 54.3. The number of anilines is 7. The summed E-state index contributed by atoms with van der Waals surface area (Å²) < 4.78 is 167. The second-order valence-electron chi connectivity index (χ2n) is 30.0. The molecule has 0 heterocycles. The fourth-order valence-corrected chi connectivity index (χ4v) is 18.4. The van der Waals surface area contributed by atoms with E-state index in [4.69, 9.17) is 52.0 Å². The van der Waals surface area contributed by atoms with Gasteiger partial charge in [0.25, 0.3) is 78.3 Å². The third-order valence-corrected chi connectivity index (χ3v) is 26.5. The molecule has 17 aromatic carbocycles. The van der Waals surface area contributed by atoms with Crippen LogP contribution in [0.4, 0.5) is 39.8 Å². The molecule has 0 saturated heterocycles. The summed E-state index contributed by atoms with van der Waals surface area (Å²) in [5, 5.41) is 15.8. The van der Waals surface area contributed by atoms with E-state index in [0.717, 1.165) is 11.4 Å². The summed E-state index contributed by atoms with van der Waals surface area (Å²) in [6.07, 6.45) is 0. The number of hydrogen-bond donors (Lipinski definition) is 10. The number of carbonyl (C=O) groups is 5. The van der Waals surface area contributed by atoms with Gasteiger partial charge in [0.1, 0.15) is 26.2 Å². The molecule has 0 atom stereocenters. The van der Waals surface area contributed by atoms with Crippen LogP contribution in [-0.2, 0) is 58.7 Å². The molecule has 0 unspecified atom stereocenters. The number of hydrogen-bond acceptors (Lipinski definition) is 21. The van der Waals surface area contributed by atoms with Gasteiger partial charge in [-0.15, -0.1) is 0 Å². The molecule has 17 aromatic rings. The molecule has 0 aliphatic rings.